The van der Waals surface area contributed by atoms with Crippen LogP contribution in [0.2, 0.25) is 0 Å². The maximum Gasteiger partial charge on any atom is 0.252 e. The molecule has 4 nitrogen and oxygen atoms in total. The third-order valence-electron chi connectivity index (χ3n) is 4.37. The number of hydrogen-bond donors (Lipinski definition) is 2. The van der Waals surface area contributed by atoms with Gasteiger partial charge in [-0.05, 0) is 23.3 Å². The highest BCUT2D eigenvalue weighted by Crippen LogP contribution is 2.28. The molecule has 3 N–H and O–H groups in total. The third kappa shape index (κ3) is 4.40. The fraction of sp³-hybridized carbons (Fsp3) is 0.0909. The monoisotopic (exact) mass is 380 g/mol. The van der Waals surface area contributed by atoms with Crippen molar-refractivity contribution >= 4 is 11.8 Å². The van der Waals surface area contributed by atoms with Crippen LogP contribution in [-0.4, -0.2) is 17.9 Å². The minimum atomic E-state index is -1.12. The molecule has 0 spiro atoms. The van der Waals surface area contributed by atoms with E-state index in [1.807, 2.05) is 60.7 Å². The van der Waals surface area contributed by atoms with Gasteiger partial charge in [0.05, 0.1) is 0 Å². The summed E-state index contributed by atoms with van der Waals surface area (Å²) in [5, 5.41) is 2.54. The number of rotatable bonds is 6. The van der Waals surface area contributed by atoms with Crippen molar-refractivity contribution in [3.05, 3.63) is 107 Å². The van der Waals surface area contributed by atoms with E-state index < -0.39 is 35.4 Å². The molecule has 6 heteroatoms. The average molecular weight is 380 g/mol. The summed E-state index contributed by atoms with van der Waals surface area (Å²) < 4.78 is 26.9. The van der Waals surface area contributed by atoms with Crippen LogP contribution in [0.1, 0.15) is 27.4 Å². The number of benzene rings is 3. The van der Waals surface area contributed by atoms with Gasteiger partial charge in [0.25, 0.3) is 5.91 Å². The van der Waals surface area contributed by atoms with Crippen molar-refractivity contribution < 1.29 is 18.4 Å². The number of amides is 2. The van der Waals surface area contributed by atoms with Crippen LogP contribution in [0.5, 0.6) is 0 Å². The van der Waals surface area contributed by atoms with Crippen LogP contribution < -0.4 is 11.1 Å². The molecule has 0 saturated carbocycles. The van der Waals surface area contributed by atoms with E-state index in [0.29, 0.717) is 6.07 Å². The highest BCUT2D eigenvalue weighted by Gasteiger charge is 2.31. The molecule has 1 atom stereocenters. The van der Waals surface area contributed by atoms with E-state index in [-0.39, 0.29) is 5.56 Å². The molecule has 0 aliphatic rings. The first-order chi connectivity index (χ1) is 13.5. The van der Waals surface area contributed by atoms with Gasteiger partial charge < -0.3 is 11.1 Å². The fourth-order valence-corrected chi connectivity index (χ4v) is 3.13. The van der Waals surface area contributed by atoms with Gasteiger partial charge in [-0.15, -0.1) is 0 Å². The van der Waals surface area contributed by atoms with E-state index in [2.05, 4.69) is 5.32 Å². The highest BCUT2D eigenvalue weighted by molar-refractivity contribution is 5.97. The maximum absolute atomic E-state index is 13.5. The second kappa shape index (κ2) is 8.43. The smallest absolute Gasteiger partial charge is 0.252 e. The molecular formula is C22H18F2N2O2. The predicted octanol–water partition coefficient (Wildman–Crippen LogP) is 3.38. The van der Waals surface area contributed by atoms with Crippen LogP contribution in [0.25, 0.3) is 0 Å². The summed E-state index contributed by atoms with van der Waals surface area (Å²) in [5.41, 5.74) is 6.90. The lowest BCUT2D eigenvalue weighted by Gasteiger charge is -2.27. The molecule has 0 radical (unpaired) electrons. The van der Waals surface area contributed by atoms with Crippen molar-refractivity contribution in [2.45, 2.75) is 12.0 Å². The Bertz CT molecular complexity index is 919. The SMILES string of the molecule is NC(=O)[C@H](NC(=O)c1cc(F)cc(F)c1)C(c1ccccc1)c1ccccc1. The minimum absolute atomic E-state index is 0.233. The Labute approximate surface area is 161 Å². The molecule has 0 fully saturated rings. The lowest BCUT2D eigenvalue weighted by molar-refractivity contribution is -0.120. The molecular weight excluding hydrogens is 362 g/mol. The van der Waals surface area contributed by atoms with Gasteiger partial charge in [-0.25, -0.2) is 8.78 Å². The van der Waals surface area contributed by atoms with Gasteiger partial charge in [-0.1, -0.05) is 60.7 Å². The Hall–Kier alpha value is -3.54. The molecule has 28 heavy (non-hydrogen) atoms. The molecule has 0 aliphatic carbocycles. The molecule has 0 saturated heterocycles. The Kier molecular flexibility index (Phi) is 5.79. The van der Waals surface area contributed by atoms with Crippen LogP contribution >= 0.6 is 0 Å². The molecule has 0 unspecified atom stereocenters. The minimum Gasteiger partial charge on any atom is -0.368 e. The van der Waals surface area contributed by atoms with E-state index >= 15 is 0 Å². The van der Waals surface area contributed by atoms with Gasteiger partial charge in [-0.3, -0.25) is 9.59 Å². The summed E-state index contributed by atoms with van der Waals surface area (Å²) >= 11 is 0. The van der Waals surface area contributed by atoms with Gasteiger partial charge in [0, 0.05) is 17.5 Å². The molecule has 142 valence electrons. The van der Waals surface area contributed by atoms with E-state index in [9.17, 15) is 18.4 Å². The number of halogens is 2. The number of hydrogen-bond acceptors (Lipinski definition) is 2. The third-order valence-corrected chi connectivity index (χ3v) is 4.37. The Morgan fingerprint density at radius 2 is 1.25 bits per heavy atom. The van der Waals surface area contributed by atoms with Crippen molar-refractivity contribution in [2.24, 2.45) is 5.73 Å². The van der Waals surface area contributed by atoms with E-state index in [1.54, 1.807) is 0 Å². The number of carbonyl (C=O) groups is 2. The van der Waals surface area contributed by atoms with E-state index in [1.165, 1.54) is 0 Å². The van der Waals surface area contributed by atoms with Crippen molar-refractivity contribution in [1.82, 2.24) is 5.32 Å². The predicted molar refractivity (Wildman–Crippen MR) is 102 cm³/mol. The lowest BCUT2D eigenvalue weighted by atomic mass is 9.84. The van der Waals surface area contributed by atoms with Crippen molar-refractivity contribution in [3.63, 3.8) is 0 Å². The average Bonchev–Trinajstić information content (AvgIpc) is 2.68. The maximum atomic E-state index is 13.5. The van der Waals surface area contributed by atoms with Crippen molar-refractivity contribution in [2.75, 3.05) is 0 Å². The number of nitrogens with one attached hydrogen (secondary N) is 1. The number of primary amides is 1. The van der Waals surface area contributed by atoms with E-state index in [4.69, 9.17) is 5.73 Å². The highest BCUT2D eigenvalue weighted by atomic mass is 19.1. The molecule has 0 aliphatic heterocycles. The first kappa shape index (κ1) is 19.2. The molecule has 0 aromatic heterocycles. The zero-order valence-electron chi connectivity index (χ0n) is 14.8. The van der Waals surface area contributed by atoms with E-state index in [0.717, 1.165) is 23.3 Å². The van der Waals surface area contributed by atoms with Crippen molar-refractivity contribution in [3.8, 4) is 0 Å². The van der Waals surface area contributed by atoms with Crippen molar-refractivity contribution in [1.29, 1.82) is 0 Å². The van der Waals surface area contributed by atoms with Gasteiger partial charge in [-0.2, -0.15) is 0 Å². The number of nitrogens with two attached hydrogens (primary N) is 1. The first-order valence-electron chi connectivity index (χ1n) is 8.62. The first-order valence-corrected chi connectivity index (χ1v) is 8.62. The van der Waals surface area contributed by atoms with Crippen LogP contribution in [0, 0.1) is 11.6 Å². The Balaban J connectivity index is 2.00. The normalized spacial score (nSPS) is 11.8. The topological polar surface area (TPSA) is 72.2 Å². The van der Waals surface area contributed by atoms with Crippen LogP contribution in [0.4, 0.5) is 8.78 Å². The largest absolute Gasteiger partial charge is 0.368 e. The summed E-state index contributed by atoms with van der Waals surface area (Å²) in [6.07, 6.45) is 0. The molecule has 3 aromatic rings. The second-order valence-corrected chi connectivity index (χ2v) is 6.31. The Morgan fingerprint density at radius 1 is 0.786 bits per heavy atom. The van der Waals surface area contributed by atoms with Gasteiger partial charge >= 0.3 is 0 Å². The van der Waals surface area contributed by atoms with Gasteiger partial charge in [0.2, 0.25) is 5.91 Å². The second-order valence-electron chi connectivity index (χ2n) is 6.31. The molecule has 3 rings (SSSR count). The lowest BCUT2D eigenvalue weighted by Crippen LogP contribution is -2.48. The summed E-state index contributed by atoms with van der Waals surface area (Å²) in [6, 6.07) is 19.5. The molecule has 0 heterocycles. The Morgan fingerprint density at radius 3 is 1.68 bits per heavy atom. The van der Waals surface area contributed by atoms with Crippen LogP contribution in [-0.2, 0) is 4.79 Å². The van der Waals surface area contributed by atoms with Crippen LogP contribution in [0.15, 0.2) is 78.9 Å². The number of carbonyl (C=O) groups excluding carboxylic acids is 2. The quantitative estimate of drug-likeness (QED) is 0.688. The molecule has 0 bridgehead atoms. The summed E-state index contributed by atoms with van der Waals surface area (Å²) in [4.78, 5) is 24.8. The fourth-order valence-electron chi connectivity index (χ4n) is 3.13. The molecule has 2 amide bonds. The molecule has 3 aromatic carbocycles. The van der Waals surface area contributed by atoms with Crippen LogP contribution in [0.3, 0.4) is 0 Å². The van der Waals surface area contributed by atoms with Gasteiger partial charge in [0.15, 0.2) is 0 Å². The standard InChI is InChI=1S/C22H18F2N2O2/c23-17-11-16(12-18(24)13-17)22(28)26-20(21(25)27)19(14-7-3-1-4-8-14)15-9-5-2-6-10-15/h1-13,19-20H,(H2,25,27)(H,26,28)/t20-/m1/s1. The summed E-state index contributed by atoms with van der Waals surface area (Å²) in [7, 11) is 0. The summed E-state index contributed by atoms with van der Waals surface area (Å²) in [5.74, 6) is -3.89. The zero-order valence-corrected chi connectivity index (χ0v) is 14.8. The zero-order chi connectivity index (χ0) is 20.1. The van der Waals surface area contributed by atoms with Gasteiger partial charge in [0.1, 0.15) is 17.7 Å². The summed E-state index contributed by atoms with van der Waals surface area (Å²) in [6.45, 7) is 0.